The van der Waals surface area contributed by atoms with E-state index in [1.807, 2.05) is 60.7 Å². The summed E-state index contributed by atoms with van der Waals surface area (Å²) in [6.45, 7) is 0. The largest absolute Gasteiger partial charge is 0.192 e. The molecule has 38 heavy (non-hydrogen) atoms. The maximum atomic E-state index is 9.84. The van der Waals surface area contributed by atoms with Crippen molar-refractivity contribution in [1.82, 2.24) is 0 Å². The summed E-state index contributed by atoms with van der Waals surface area (Å²) in [5.41, 5.74) is 7.52. The van der Waals surface area contributed by atoms with E-state index in [9.17, 15) is 31.6 Å². The summed E-state index contributed by atoms with van der Waals surface area (Å²) >= 11 is 0. The molecule has 0 aliphatic heterocycles. The van der Waals surface area contributed by atoms with Gasteiger partial charge in [0.15, 0.2) is 0 Å². The Hall–Kier alpha value is -6.44. The molecule has 0 saturated carbocycles. The molecule has 6 heteroatoms. The van der Waals surface area contributed by atoms with Crippen LogP contribution in [0.3, 0.4) is 0 Å². The third kappa shape index (κ3) is 2.75. The van der Waals surface area contributed by atoms with Gasteiger partial charge in [0.1, 0.15) is 35.4 Å². The lowest BCUT2D eigenvalue weighted by Gasteiger charge is -2.13. The van der Waals surface area contributed by atoms with Crippen LogP contribution in [-0.2, 0) is 0 Å². The zero-order valence-electron chi connectivity index (χ0n) is 19.5. The molecular weight excluding hydrogens is 468 g/mol. The number of allylic oxidation sites excluding steroid dienone is 2. The van der Waals surface area contributed by atoms with Gasteiger partial charge in [-0.1, -0.05) is 36.4 Å². The van der Waals surface area contributed by atoms with Crippen LogP contribution in [0.5, 0.6) is 0 Å². The van der Waals surface area contributed by atoms with Crippen LogP contribution in [0.15, 0.2) is 71.8 Å². The number of hydrogen-bond acceptors (Lipinski definition) is 6. The monoisotopic (exact) mass is 478 g/mol. The van der Waals surface area contributed by atoms with Gasteiger partial charge in [-0.3, -0.25) is 0 Å². The predicted molar refractivity (Wildman–Crippen MR) is 139 cm³/mol. The minimum atomic E-state index is -0.0689. The van der Waals surface area contributed by atoms with Crippen LogP contribution in [0, 0.1) is 68.0 Å². The molecule has 4 aromatic carbocycles. The Balaban J connectivity index is 1.78. The highest BCUT2D eigenvalue weighted by atomic mass is 14.4. The van der Waals surface area contributed by atoms with Crippen molar-refractivity contribution < 1.29 is 0 Å². The summed E-state index contributed by atoms with van der Waals surface area (Å²) in [5, 5.41) is 59.8. The van der Waals surface area contributed by atoms with Gasteiger partial charge in [-0.25, -0.2) is 0 Å². The molecule has 0 radical (unpaired) electrons. The van der Waals surface area contributed by atoms with Gasteiger partial charge in [-0.2, -0.15) is 31.6 Å². The summed E-state index contributed by atoms with van der Waals surface area (Å²) in [6, 6.07) is 30.3. The minimum Gasteiger partial charge on any atom is -0.192 e. The second-order valence-corrected chi connectivity index (χ2v) is 8.76. The molecule has 2 aliphatic rings. The fourth-order valence-electron chi connectivity index (χ4n) is 5.57. The van der Waals surface area contributed by atoms with Gasteiger partial charge in [-0.15, -0.1) is 0 Å². The van der Waals surface area contributed by atoms with Crippen molar-refractivity contribution in [2.45, 2.75) is 0 Å². The van der Waals surface area contributed by atoms with Crippen LogP contribution < -0.4 is 0 Å². The van der Waals surface area contributed by atoms with E-state index in [1.165, 1.54) is 0 Å². The molecule has 4 aromatic rings. The van der Waals surface area contributed by atoms with E-state index in [0.717, 1.165) is 33.0 Å². The molecule has 0 saturated heterocycles. The van der Waals surface area contributed by atoms with Crippen LogP contribution >= 0.6 is 0 Å². The van der Waals surface area contributed by atoms with E-state index in [1.54, 1.807) is 24.3 Å². The Morgan fingerprint density at radius 1 is 0.421 bits per heavy atom. The Morgan fingerprint density at radius 3 is 1.13 bits per heavy atom. The van der Waals surface area contributed by atoms with Gasteiger partial charge in [0.05, 0.1) is 23.3 Å². The number of fused-ring (bicyclic) bond motifs is 9. The molecule has 0 aromatic heterocycles. The summed E-state index contributed by atoms with van der Waals surface area (Å²) in [7, 11) is 0. The molecule has 0 amide bonds. The second kappa shape index (κ2) is 8.06. The first kappa shape index (κ1) is 22.1. The third-order valence-electron chi connectivity index (χ3n) is 7.06. The minimum absolute atomic E-state index is 0.0689. The Morgan fingerprint density at radius 2 is 0.789 bits per heavy atom. The summed E-state index contributed by atoms with van der Waals surface area (Å²) < 4.78 is 0. The third-order valence-corrected chi connectivity index (χ3v) is 7.06. The average Bonchev–Trinajstić information content (AvgIpc) is 3.47. The number of hydrogen-bond donors (Lipinski definition) is 0. The normalized spacial score (nSPS) is 11.4. The molecular formula is C32H10N6. The lowest BCUT2D eigenvalue weighted by Crippen LogP contribution is -1.93. The molecule has 2 aliphatic carbocycles. The average molecular weight is 478 g/mol. The lowest BCUT2D eigenvalue weighted by atomic mass is 9.88. The van der Waals surface area contributed by atoms with E-state index < -0.39 is 0 Å². The Bertz CT molecular complexity index is 1950. The van der Waals surface area contributed by atoms with E-state index in [-0.39, 0.29) is 11.1 Å². The number of benzene rings is 4. The maximum absolute atomic E-state index is 9.84. The molecule has 0 atom stereocenters. The van der Waals surface area contributed by atoms with E-state index in [2.05, 4.69) is 12.1 Å². The van der Waals surface area contributed by atoms with Crippen molar-refractivity contribution in [3.63, 3.8) is 0 Å². The van der Waals surface area contributed by atoms with Crippen LogP contribution in [-0.4, -0.2) is 0 Å². The van der Waals surface area contributed by atoms with Crippen molar-refractivity contribution in [3.8, 4) is 58.7 Å². The van der Waals surface area contributed by atoms with Crippen molar-refractivity contribution >= 4 is 21.9 Å². The van der Waals surface area contributed by atoms with E-state index >= 15 is 0 Å². The molecule has 0 bridgehead atoms. The van der Waals surface area contributed by atoms with Crippen LogP contribution in [0.4, 0.5) is 0 Å². The molecule has 0 N–H and O–H groups in total. The number of nitrogens with zero attached hydrogens (tertiary/aromatic N) is 6. The molecule has 0 fully saturated rings. The first-order valence-electron chi connectivity index (χ1n) is 11.4. The Kier molecular flexibility index (Phi) is 4.68. The van der Waals surface area contributed by atoms with Gasteiger partial charge in [0.25, 0.3) is 0 Å². The highest BCUT2D eigenvalue weighted by Crippen LogP contribution is 2.53. The van der Waals surface area contributed by atoms with Crippen molar-refractivity contribution in [2.75, 3.05) is 0 Å². The first-order chi connectivity index (χ1) is 18.6. The summed E-state index contributed by atoms with van der Waals surface area (Å²) in [4.78, 5) is 0. The zero-order chi connectivity index (χ0) is 26.6. The molecule has 168 valence electrons. The van der Waals surface area contributed by atoms with Crippen molar-refractivity contribution in [1.29, 1.82) is 31.6 Å². The van der Waals surface area contributed by atoms with Gasteiger partial charge < -0.3 is 0 Å². The molecule has 6 rings (SSSR count). The fraction of sp³-hybridized carbons (Fsp3) is 0. The molecule has 0 heterocycles. The topological polar surface area (TPSA) is 143 Å². The van der Waals surface area contributed by atoms with Crippen molar-refractivity contribution in [3.05, 3.63) is 105 Å². The summed E-state index contributed by atoms with van der Waals surface area (Å²) in [6.07, 6.45) is 0. The smallest absolute Gasteiger partial charge is 0.138 e. The standard InChI is InChI=1S/C32H10N6/c33-11-17-1-3-21-23-5-7-26-25(31(23)29(27(21)9-17)19(13-35)14-36)8-6-24-22-4-2-18(12-34)10-28(22)30(32(24)26)20(15-37)16-38/h1-10H. The highest BCUT2D eigenvalue weighted by Gasteiger charge is 2.33. The van der Waals surface area contributed by atoms with E-state index in [0.29, 0.717) is 44.5 Å². The molecule has 6 nitrogen and oxygen atoms in total. The first-order valence-corrected chi connectivity index (χ1v) is 11.4. The zero-order valence-corrected chi connectivity index (χ0v) is 19.5. The van der Waals surface area contributed by atoms with Gasteiger partial charge >= 0.3 is 0 Å². The lowest BCUT2D eigenvalue weighted by molar-refractivity contribution is 1.45. The van der Waals surface area contributed by atoms with Gasteiger partial charge in [0, 0.05) is 22.3 Å². The fourth-order valence-corrected chi connectivity index (χ4v) is 5.57. The Labute approximate surface area is 217 Å². The molecule has 0 unspecified atom stereocenters. The van der Waals surface area contributed by atoms with Gasteiger partial charge in [-0.05, 0) is 68.4 Å². The number of nitriles is 6. The van der Waals surface area contributed by atoms with Crippen LogP contribution in [0.2, 0.25) is 0 Å². The summed E-state index contributed by atoms with van der Waals surface area (Å²) in [5.74, 6) is 0. The highest BCUT2D eigenvalue weighted by molar-refractivity contribution is 6.19. The quantitative estimate of drug-likeness (QED) is 0.236. The van der Waals surface area contributed by atoms with Crippen molar-refractivity contribution in [2.24, 2.45) is 0 Å². The van der Waals surface area contributed by atoms with Gasteiger partial charge in [0.2, 0.25) is 0 Å². The predicted octanol–water partition coefficient (Wildman–Crippen LogP) is 6.24. The van der Waals surface area contributed by atoms with Crippen LogP contribution in [0.1, 0.15) is 33.4 Å². The second-order valence-electron chi connectivity index (χ2n) is 8.76. The SMILES string of the molecule is N#CC(C#N)=C1c2cc(C#N)ccc2-c2ccc3c4c(ccc3c21)-c1ccc(C#N)cc1C4=C(C#N)C#N. The molecule has 0 spiro atoms. The maximum Gasteiger partial charge on any atom is 0.138 e. The van der Waals surface area contributed by atoms with E-state index in [4.69, 9.17) is 0 Å². The number of rotatable bonds is 0. The van der Waals surface area contributed by atoms with Crippen LogP contribution in [0.25, 0.3) is 44.2 Å².